The molecule has 7 heteroatoms. The molecule has 1 fully saturated rings. The van der Waals surface area contributed by atoms with Gasteiger partial charge >= 0.3 is 0 Å². The molecule has 2 aromatic rings. The van der Waals surface area contributed by atoms with Gasteiger partial charge < -0.3 is 10.2 Å². The van der Waals surface area contributed by atoms with Gasteiger partial charge in [0.1, 0.15) is 0 Å². The molecule has 1 N–H and O–H groups in total. The standard InChI is InChI=1S/C18H21ClN4O2/c1-11-10-13(18(25)23-8-4-5-9-23)6-7-14(11)20-17(24)16-15(19)12(2)22(3)21-16/h6-7,10H,4-5,8-9H2,1-3H3,(H,20,24). The van der Waals surface area contributed by atoms with Gasteiger partial charge in [0.2, 0.25) is 0 Å². The van der Waals surface area contributed by atoms with E-state index >= 15 is 0 Å². The Kier molecular flexibility index (Phi) is 4.81. The zero-order chi connectivity index (χ0) is 18.1. The molecule has 0 unspecified atom stereocenters. The third-order valence-corrected chi connectivity index (χ3v) is 5.04. The lowest BCUT2D eigenvalue weighted by atomic mass is 10.1. The number of aromatic nitrogens is 2. The van der Waals surface area contributed by atoms with Crippen molar-refractivity contribution in [2.24, 2.45) is 7.05 Å². The van der Waals surface area contributed by atoms with Crippen molar-refractivity contribution in [2.45, 2.75) is 26.7 Å². The van der Waals surface area contributed by atoms with Gasteiger partial charge in [0, 0.05) is 31.4 Å². The first-order chi connectivity index (χ1) is 11.9. The van der Waals surface area contributed by atoms with Crippen LogP contribution in [-0.2, 0) is 7.05 Å². The van der Waals surface area contributed by atoms with Crippen molar-refractivity contribution in [2.75, 3.05) is 18.4 Å². The lowest BCUT2D eigenvalue weighted by Gasteiger charge is -2.16. The van der Waals surface area contributed by atoms with Gasteiger partial charge in [-0.05, 0) is 50.5 Å². The molecule has 0 saturated carbocycles. The Morgan fingerprint density at radius 1 is 1.20 bits per heavy atom. The second kappa shape index (κ2) is 6.88. The number of hydrogen-bond acceptors (Lipinski definition) is 3. The van der Waals surface area contributed by atoms with Gasteiger partial charge in [0.25, 0.3) is 11.8 Å². The Balaban J connectivity index is 1.78. The summed E-state index contributed by atoms with van der Waals surface area (Å²) in [6.07, 6.45) is 2.12. The Bertz CT molecular complexity index is 838. The van der Waals surface area contributed by atoms with Crippen LogP contribution in [0.15, 0.2) is 18.2 Å². The molecule has 0 aliphatic carbocycles. The molecule has 0 radical (unpaired) electrons. The monoisotopic (exact) mass is 360 g/mol. The van der Waals surface area contributed by atoms with Crippen LogP contribution >= 0.6 is 11.6 Å². The van der Waals surface area contributed by atoms with Crippen molar-refractivity contribution >= 4 is 29.1 Å². The second-order valence-corrected chi connectivity index (χ2v) is 6.73. The van der Waals surface area contributed by atoms with E-state index in [-0.39, 0.29) is 17.5 Å². The Morgan fingerprint density at radius 3 is 2.44 bits per heavy atom. The van der Waals surface area contributed by atoms with E-state index in [9.17, 15) is 9.59 Å². The van der Waals surface area contributed by atoms with Crippen LogP contribution in [0.2, 0.25) is 5.02 Å². The summed E-state index contributed by atoms with van der Waals surface area (Å²) in [5.74, 6) is -0.322. The summed E-state index contributed by atoms with van der Waals surface area (Å²) in [5.41, 5.74) is 3.03. The number of carbonyl (C=O) groups is 2. The third kappa shape index (κ3) is 3.39. The molecule has 1 aromatic carbocycles. The van der Waals surface area contributed by atoms with Crippen LogP contribution in [0.3, 0.4) is 0 Å². The summed E-state index contributed by atoms with van der Waals surface area (Å²) in [6, 6.07) is 5.30. The van der Waals surface area contributed by atoms with Gasteiger partial charge in [0.05, 0.1) is 10.7 Å². The molecule has 2 heterocycles. The minimum Gasteiger partial charge on any atom is -0.339 e. The maximum atomic E-state index is 12.4. The highest BCUT2D eigenvalue weighted by atomic mass is 35.5. The minimum absolute atomic E-state index is 0.0434. The van der Waals surface area contributed by atoms with E-state index in [1.54, 1.807) is 30.8 Å². The molecule has 1 saturated heterocycles. The van der Waals surface area contributed by atoms with Crippen LogP contribution in [0, 0.1) is 13.8 Å². The number of anilines is 1. The lowest BCUT2D eigenvalue weighted by molar-refractivity contribution is 0.0792. The summed E-state index contributed by atoms with van der Waals surface area (Å²) >= 11 is 6.16. The van der Waals surface area contributed by atoms with Crippen LogP contribution in [0.5, 0.6) is 0 Å². The summed E-state index contributed by atoms with van der Waals surface area (Å²) in [6.45, 7) is 5.29. The number of rotatable bonds is 3. The largest absolute Gasteiger partial charge is 0.339 e. The molecule has 1 aliphatic heterocycles. The van der Waals surface area contributed by atoms with E-state index in [1.165, 1.54) is 0 Å². The number of hydrogen-bond donors (Lipinski definition) is 1. The fourth-order valence-corrected chi connectivity index (χ4v) is 3.19. The number of benzene rings is 1. The van der Waals surface area contributed by atoms with Crippen LogP contribution in [0.1, 0.15) is 44.9 Å². The summed E-state index contributed by atoms with van der Waals surface area (Å²) in [5, 5.41) is 7.31. The van der Waals surface area contributed by atoms with E-state index in [4.69, 9.17) is 11.6 Å². The number of nitrogens with zero attached hydrogens (tertiary/aromatic N) is 3. The van der Waals surface area contributed by atoms with Crippen molar-refractivity contribution in [1.82, 2.24) is 14.7 Å². The Morgan fingerprint density at radius 2 is 1.88 bits per heavy atom. The van der Waals surface area contributed by atoms with E-state index in [0.717, 1.165) is 37.2 Å². The van der Waals surface area contributed by atoms with Gasteiger partial charge in [-0.2, -0.15) is 5.10 Å². The molecule has 6 nitrogen and oxygen atoms in total. The van der Waals surface area contributed by atoms with Crippen molar-refractivity contribution in [1.29, 1.82) is 0 Å². The first kappa shape index (κ1) is 17.5. The van der Waals surface area contributed by atoms with E-state index < -0.39 is 0 Å². The first-order valence-corrected chi connectivity index (χ1v) is 8.66. The van der Waals surface area contributed by atoms with Crippen LogP contribution in [-0.4, -0.2) is 39.6 Å². The first-order valence-electron chi connectivity index (χ1n) is 8.29. The predicted molar refractivity (Wildman–Crippen MR) is 97.2 cm³/mol. The maximum Gasteiger partial charge on any atom is 0.277 e. The van der Waals surface area contributed by atoms with Crippen LogP contribution in [0.25, 0.3) is 0 Å². The quantitative estimate of drug-likeness (QED) is 0.914. The molecule has 0 spiro atoms. The zero-order valence-corrected chi connectivity index (χ0v) is 15.4. The number of aryl methyl sites for hydroxylation is 2. The molecule has 0 bridgehead atoms. The summed E-state index contributed by atoms with van der Waals surface area (Å²) < 4.78 is 1.57. The van der Waals surface area contributed by atoms with Crippen molar-refractivity contribution in [3.63, 3.8) is 0 Å². The SMILES string of the molecule is Cc1cc(C(=O)N2CCCC2)ccc1NC(=O)c1nn(C)c(C)c1Cl. The number of amides is 2. The van der Waals surface area contributed by atoms with Crippen molar-refractivity contribution < 1.29 is 9.59 Å². The van der Waals surface area contributed by atoms with E-state index in [0.29, 0.717) is 16.3 Å². The zero-order valence-electron chi connectivity index (χ0n) is 14.6. The third-order valence-electron chi connectivity index (χ3n) is 4.59. The average molecular weight is 361 g/mol. The number of halogens is 1. The molecule has 25 heavy (non-hydrogen) atoms. The molecule has 1 aliphatic rings. The second-order valence-electron chi connectivity index (χ2n) is 6.35. The van der Waals surface area contributed by atoms with Crippen molar-refractivity contribution in [3.05, 3.63) is 45.7 Å². The van der Waals surface area contributed by atoms with E-state index in [1.807, 2.05) is 17.9 Å². The topological polar surface area (TPSA) is 67.2 Å². The molecule has 1 aromatic heterocycles. The van der Waals surface area contributed by atoms with Crippen molar-refractivity contribution in [3.8, 4) is 0 Å². The minimum atomic E-state index is -0.365. The average Bonchev–Trinajstić information content (AvgIpc) is 3.21. The fraction of sp³-hybridized carbons (Fsp3) is 0.389. The number of carbonyl (C=O) groups excluding carboxylic acids is 2. The lowest BCUT2D eigenvalue weighted by Crippen LogP contribution is -2.27. The Labute approximate surface area is 151 Å². The molecule has 2 amide bonds. The molecule has 132 valence electrons. The maximum absolute atomic E-state index is 12.4. The summed E-state index contributed by atoms with van der Waals surface area (Å²) in [4.78, 5) is 26.7. The fourth-order valence-electron chi connectivity index (χ4n) is 2.95. The molecular weight excluding hydrogens is 340 g/mol. The van der Waals surface area contributed by atoms with Gasteiger partial charge in [0.15, 0.2) is 5.69 Å². The number of nitrogens with one attached hydrogen (secondary N) is 1. The van der Waals surface area contributed by atoms with Crippen LogP contribution in [0.4, 0.5) is 5.69 Å². The van der Waals surface area contributed by atoms with Gasteiger partial charge in [-0.1, -0.05) is 11.6 Å². The molecule has 3 rings (SSSR count). The summed E-state index contributed by atoms with van der Waals surface area (Å²) in [7, 11) is 1.74. The highest BCUT2D eigenvalue weighted by molar-refractivity contribution is 6.34. The Hall–Kier alpha value is -2.34. The van der Waals surface area contributed by atoms with Gasteiger partial charge in [-0.3, -0.25) is 14.3 Å². The van der Waals surface area contributed by atoms with Crippen LogP contribution < -0.4 is 5.32 Å². The highest BCUT2D eigenvalue weighted by Gasteiger charge is 2.21. The number of likely N-dealkylation sites (tertiary alicyclic amines) is 1. The van der Waals surface area contributed by atoms with Gasteiger partial charge in [-0.25, -0.2) is 0 Å². The normalized spacial score (nSPS) is 14.0. The smallest absolute Gasteiger partial charge is 0.277 e. The molecule has 0 atom stereocenters. The predicted octanol–water partition coefficient (Wildman–Crippen LogP) is 3.18. The van der Waals surface area contributed by atoms with Gasteiger partial charge in [-0.15, -0.1) is 0 Å². The van der Waals surface area contributed by atoms with E-state index in [2.05, 4.69) is 10.4 Å². The highest BCUT2D eigenvalue weighted by Crippen LogP contribution is 2.23. The molecular formula is C18H21ClN4O2.